The molecule has 1 nitrogen and oxygen atoms in total. The second-order valence-electron chi connectivity index (χ2n) is 5.25. The van der Waals surface area contributed by atoms with Crippen LogP contribution in [-0.2, 0) is 12.2 Å². The van der Waals surface area contributed by atoms with E-state index >= 15 is 0 Å². The van der Waals surface area contributed by atoms with Gasteiger partial charge in [0, 0.05) is 16.7 Å². The van der Waals surface area contributed by atoms with E-state index in [1.54, 1.807) is 0 Å². The minimum absolute atomic E-state index is 0.275. The van der Waals surface area contributed by atoms with Gasteiger partial charge in [0.05, 0.1) is 0 Å². The van der Waals surface area contributed by atoms with Crippen molar-refractivity contribution in [1.29, 1.82) is 0 Å². The number of nitrogens with two attached hydrogens (primary N) is 1. The molecule has 0 radical (unpaired) electrons. The molecule has 0 heterocycles. The zero-order valence-electron chi connectivity index (χ0n) is 12.3. The van der Waals surface area contributed by atoms with Gasteiger partial charge in [0.1, 0.15) is 0 Å². The Labute approximate surface area is 126 Å². The van der Waals surface area contributed by atoms with E-state index in [1.165, 1.54) is 21.6 Å². The van der Waals surface area contributed by atoms with Crippen molar-refractivity contribution >= 4 is 11.8 Å². The summed E-state index contributed by atoms with van der Waals surface area (Å²) in [4.78, 5) is 1.36. The number of thioether (sulfide) groups is 1. The van der Waals surface area contributed by atoms with E-state index in [1.807, 2.05) is 11.8 Å². The molecule has 0 aliphatic heterocycles. The molecule has 1 atom stereocenters. The molecule has 20 heavy (non-hydrogen) atoms. The topological polar surface area (TPSA) is 26.0 Å². The second-order valence-corrected chi connectivity index (χ2v) is 6.26. The first-order chi connectivity index (χ1) is 9.69. The van der Waals surface area contributed by atoms with Gasteiger partial charge < -0.3 is 5.73 Å². The molecule has 0 amide bonds. The molecule has 2 rings (SSSR count). The molecule has 0 saturated heterocycles. The predicted molar refractivity (Wildman–Crippen MR) is 89.2 cm³/mol. The van der Waals surface area contributed by atoms with E-state index in [0.29, 0.717) is 0 Å². The van der Waals surface area contributed by atoms with Crippen molar-refractivity contribution in [2.75, 3.05) is 0 Å². The van der Waals surface area contributed by atoms with Crippen LogP contribution in [0.15, 0.2) is 53.4 Å². The van der Waals surface area contributed by atoms with Crippen molar-refractivity contribution in [2.45, 2.75) is 43.4 Å². The summed E-state index contributed by atoms with van der Waals surface area (Å²) in [5.74, 6) is 1.02. The third-order valence-corrected chi connectivity index (χ3v) is 4.75. The molecular weight excluding hydrogens is 262 g/mol. The fraction of sp³-hybridized carbons (Fsp3) is 0.333. The molecule has 0 aliphatic rings. The summed E-state index contributed by atoms with van der Waals surface area (Å²) in [5, 5.41) is 0. The summed E-state index contributed by atoms with van der Waals surface area (Å²) >= 11 is 1.90. The van der Waals surface area contributed by atoms with Gasteiger partial charge in [0.25, 0.3) is 0 Å². The van der Waals surface area contributed by atoms with Gasteiger partial charge in [-0.15, -0.1) is 11.8 Å². The van der Waals surface area contributed by atoms with Gasteiger partial charge in [-0.3, -0.25) is 0 Å². The number of aryl methyl sites for hydroxylation is 1. The van der Waals surface area contributed by atoms with E-state index < -0.39 is 0 Å². The molecular formula is C18H23NS. The van der Waals surface area contributed by atoms with Gasteiger partial charge in [-0.25, -0.2) is 0 Å². The summed E-state index contributed by atoms with van der Waals surface area (Å²) < 4.78 is 0. The van der Waals surface area contributed by atoms with E-state index in [4.69, 9.17) is 5.73 Å². The fourth-order valence-electron chi connectivity index (χ4n) is 2.18. The molecule has 0 spiro atoms. The summed E-state index contributed by atoms with van der Waals surface area (Å²) in [6.07, 6.45) is 2.00. The highest BCUT2D eigenvalue weighted by atomic mass is 32.2. The minimum atomic E-state index is 0.275. The largest absolute Gasteiger partial charge is 0.327 e. The molecule has 1 unspecified atom stereocenters. The van der Waals surface area contributed by atoms with E-state index in [2.05, 4.69) is 62.4 Å². The summed E-state index contributed by atoms with van der Waals surface area (Å²) in [6, 6.07) is 17.6. The first kappa shape index (κ1) is 15.1. The van der Waals surface area contributed by atoms with Gasteiger partial charge in [0.15, 0.2) is 0 Å². The van der Waals surface area contributed by atoms with Crippen LogP contribution in [0.5, 0.6) is 0 Å². The average Bonchev–Trinajstić information content (AvgIpc) is 2.47. The average molecular weight is 285 g/mol. The van der Waals surface area contributed by atoms with Crippen LogP contribution in [-0.4, -0.2) is 6.04 Å². The van der Waals surface area contributed by atoms with Crippen molar-refractivity contribution in [3.63, 3.8) is 0 Å². The quantitative estimate of drug-likeness (QED) is 0.787. The molecule has 2 aromatic carbocycles. The van der Waals surface area contributed by atoms with Crippen LogP contribution in [0.4, 0.5) is 0 Å². The lowest BCUT2D eigenvalue weighted by Gasteiger charge is -2.11. The summed E-state index contributed by atoms with van der Waals surface area (Å²) in [5.41, 5.74) is 10.1. The number of benzene rings is 2. The maximum absolute atomic E-state index is 6.02. The molecule has 2 aromatic rings. The van der Waals surface area contributed by atoms with Crippen molar-refractivity contribution in [3.8, 4) is 0 Å². The first-order valence-corrected chi connectivity index (χ1v) is 8.19. The molecule has 0 aliphatic carbocycles. The van der Waals surface area contributed by atoms with Crippen molar-refractivity contribution in [2.24, 2.45) is 5.73 Å². The lowest BCUT2D eigenvalue weighted by molar-refractivity contribution is 0.646. The Kier molecular flexibility index (Phi) is 5.69. The number of rotatable bonds is 6. The summed E-state index contributed by atoms with van der Waals surface area (Å²) in [6.45, 7) is 4.33. The van der Waals surface area contributed by atoms with Crippen LogP contribution in [0.2, 0.25) is 0 Å². The molecule has 106 valence electrons. The first-order valence-electron chi connectivity index (χ1n) is 7.21. The second kappa shape index (κ2) is 7.51. The van der Waals surface area contributed by atoms with Gasteiger partial charge in [-0.1, -0.05) is 49.4 Å². The Morgan fingerprint density at radius 3 is 2.45 bits per heavy atom. The van der Waals surface area contributed by atoms with Crippen LogP contribution < -0.4 is 5.73 Å². The SMILES string of the molecule is CCC(N)Cc1ccc(SCc2ccccc2)c(C)c1. The van der Waals surface area contributed by atoms with Crippen molar-refractivity contribution < 1.29 is 0 Å². The maximum Gasteiger partial charge on any atom is 0.0232 e. The van der Waals surface area contributed by atoms with Crippen LogP contribution in [0.25, 0.3) is 0 Å². The zero-order chi connectivity index (χ0) is 14.4. The fourth-order valence-corrected chi connectivity index (χ4v) is 3.15. The Bertz CT molecular complexity index is 536. The number of hydrogen-bond acceptors (Lipinski definition) is 2. The van der Waals surface area contributed by atoms with Crippen LogP contribution in [0.1, 0.15) is 30.0 Å². The Balaban J connectivity index is 1.99. The molecule has 0 saturated carbocycles. The van der Waals surface area contributed by atoms with Crippen LogP contribution >= 0.6 is 11.8 Å². The minimum Gasteiger partial charge on any atom is -0.327 e. The van der Waals surface area contributed by atoms with E-state index in [-0.39, 0.29) is 6.04 Å². The third kappa shape index (κ3) is 4.39. The van der Waals surface area contributed by atoms with Gasteiger partial charge >= 0.3 is 0 Å². The normalized spacial score (nSPS) is 12.3. The van der Waals surface area contributed by atoms with Crippen LogP contribution in [0, 0.1) is 6.92 Å². The predicted octanol–water partition coefficient (Wildman–Crippen LogP) is 4.57. The lowest BCUT2D eigenvalue weighted by atomic mass is 10.0. The third-order valence-electron chi connectivity index (χ3n) is 3.50. The standard InChI is InChI=1S/C18H23NS/c1-3-17(19)12-16-9-10-18(14(2)11-16)20-13-15-7-5-4-6-8-15/h4-11,17H,3,12-13,19H2,1-2H3. The molecule has 0 bridgehead atoms. The highest BCUT2D eigenvalue weighted by molar-refractivity contribution is 7.98. The Morgan fingerprint density at radius 2 is 1.80 bits per heavy atom. The highest BCUT2D eigenvalue weighted by Crippen LogP contribution is 2.27. The smallest absolute Gasteiger partial charge is 0.0232 e. The van der Waals surface area contributed by atoms with Gasteiger partial charge in [-0.05, 0) is 42.5 Å². The van der Waals surface area contributed by atoms with E-state index in [0.717, 1.165) is 18.6 Å². The molecule has 0 aromatic heterocycles. The van der Waals surface area contributed by atoms with Gasteiger partial charge in [0.2, 0.25) is 0 Å². The molecule has 2 heteroatoms. The highest BCUT2D eigenvalue weighted by Gasteiger charge is 2.05. The molecule has 2 N–H and O–H groups in total. The van der Waals surface area contributed by atoms with Gasteiger partial charge in [-0.2, -0.15) is 0 Å². The molecule has 0 fully saturated rings. The van der Waals surface area contributed by atoms with E-state index in [9.17, 15) is 0 Å². The summed E-state index contributed by atoms with van der Waals surface area (Å²) in [7, 11) is 0. The maximum atomic E-state index is 6.02. The van der Waals surface area contributed by atoms with Crippen molar-refractivity contribution in [1.82, 2.24) is 0 Å². The zero-order valence-corrected chi connectivity index (χ0v) is 13.1. The Morgan fingerprint density at radius 1 is 1.05 bits per heavy atom. The van der Waals surface area contributed by atoms with Crippen LogP contribution in [0.3, 0.4) is 0 Å². The number of hydrogen-bond donors (Lipinski definition) is 1. The monoisotopic (exact) mass is 285 g/mol. The van der Waals surface area contributed by atoms with Crippen molar-refractivity contribution in [3.05, 3.63) is 65.2 Å². The Hall–Kier alpha value is -1.25. The lowest BCUT2D eigenvalue weighted by Crippen LogP contribution is -2.21.